The lowest BCUT2D eigenvalue weighted by atomic mass is 9.79. The molecule has 2 rings (SSSR count). The van der Waals surface area contributed by atoms with Crippen LogP contribution in [-0.4, -0.2) is 38.4 Å². The van der Waals surface area contributed by atoms with E-state index in [1.165, 1.54) is 7.11 Å². The number of esters is 2. The summed E-state index contributed by atoms with van der Waals surface area (Å²) in [6.07, 6.45) is 0.859. The Bertz CT molecular complexity index is 795. The first-order valence-electron chi connectivity index (χ1n) is 11.4. The minimum absolute atomic E-state index is 0.251. The van der Waals surface area contributed by atoms with E-state index in [0.717, 1.165) is 16.9 Å². The Kier molecular flexibility index (Phi) is 8.03. The molecule has 4 atom stereocenters. The van der Waals surface area contributed by atoms with Crippen LogP contribution < -0.4 is 9.47 Å². The Labute approximate surface area is 193 Å². The lowest BCUT2D eigenvalue weighted by Gasteiger charge is -2.30. The Balaban J connectivity index is 2.32. The quantitative estimate of drug-likeness (QED) is 0.441. The highest BCUT2D eigenvalue weighted by molar-refractivity contribution is 5.77. The van der Waals surface area contributed by atoms with Crippen LogP contribution in [0, 0.1) is 11.8 Å². The predicted molar refractivity (Wildman–Crippen MR) is 124 cm³/mol. The topological polar surface area (TPSA) is 71.1 Å². The highest BCUT2D eigenvalue weighted by atomic mass is 16.5. The third kappa shape index (κ3) is 5.83. The Hall–Kier alpha value is -2.08. The summed E-state index contributed by atoms with van der Waals surface area (Å²) in [6.45, 7) is 16.2. The van der Waals surface area contributed by atoms with Crippen molar-refractivity contribution in [3.05, 3.63) is 23.3 Å². The van der Waals surface area contributed by atoms with Crippen molar-refractivity contribution in [2.75, 3.05) is 14.2 Å². The van der Waals surface area contributed by atoms with Gasteiger partial charge in [0.25, 0.3) is 0 Å². The van der Waals surface area contributed by atoms with Crippen molar-refractivity contribution in [3.8, 4) is 11.5 Å². The van der Waals surface area contributed by atoms with Crippen LogP contribution >= 0.6 is 0 Å². The fraction of sp³-hybridized carbons (Fsp3) is 0.692. The van der Waals surface area contributed by atoms with Crippen molar-refractivity contribution in [3.63, 3.8) is 0 Å². The zero-order valence-corrected chi connectivity index (χ0v) is 21.3. The van der Waals surface area contributed by atoms with Crippen LogP contribution in [0.5, 0.6) is 11.5 Å². The first kappa shape index (κ1) is 26.2. The molecule has 0 unspecified atom stereocenters. The maximum Gasteiger partial charge on any atom is 0.316 e. The first-order chi connectivity index (χ1) is 14.7. The van der Waals surface area contributed by atoms with Gasteiger partial charge in [0.15, 0.2) is 0 Å². The van der Waals surface area contributed by atoms with Crippen molar-refractivity contribution in [2.45, 2.75) is 91.3 Å². The number of carbonyl (C=O) groups excluding carboxylic acids is 2. The Morgan fingerprint density at radius 3 is 1.69 bits per heavy atom. The van der Waals surface area contributed by atoms with Gasteiger partial charge >= 0.3 is 11.9 Å². The van der Waals surface area contributed by atoms with Crippen LogP contribution in [0.15, 0.2) is 12.1 Å². The van der Waals surface area contributed by atoms with Gasteiger partial charge < -0.3 is 18.9 Å². The third-order valence-electron chi connectivity index (χ3n) is 6.26. The summed E-state index contributed by atoms with van der Waals surface area (Å²) in [5.41, 5.74) is 1.34. The average Bonchev–Trinajstić information content (AvgIpc) is 3.20. The van der Waals surface area contributed by atoms with Gasteiger partial charge in [-0.2, -0.15) is 0 Å². The molecule has 180 valence electrons. The zero-order chi connectivity index (χ0) is 24.4. The molecule has 32 heavy (non-hydrogen) atoms. The molecule has 1 aromatic carbocycles. The Morgan fingerprint density at radius 2 is 1.31 bits per heavy atom. The smallest absolute Gasteiger partial charge is 0.316 e. The van der Waals surface area contributed by atoms with E-state index in [9.17, 15) is 9.59 Å². The number of rotatable bonds is 6. The second-order valence-electron chi connectivity index (χ2n) is 10.9. The van der Waals surface area contributed by atoms with Gasteiger partial charge in [-0.15, -0.1) is 0 Å². The van der Waals surface area contributed by atoms with E-state index < -0.39 is 5.92 Å². The van der Waals surface area contributed by atoms with Crippen molar-refractivity contribution >= 4 is 11.9 Å². The molecule has 0 amide bonds. The molecule has 6 heteroatoms. The summed E-state index contributed by atoms with van der Waals surface area (Å²) >= 11 is 0. The normalized spacial score (nSPS) is 21.1. The van der Waals surface area contributed by atoms with E-state index in [4.69, 9.17) is 18.9 Å². The SMILES string of the molecule is COC(=O)[C@H](C)[C@@H]1CC[C@H]([C@@H](C)C(=O)Oc2c(C(C)(C)C)cc(OC)cc2C(C)(C)C)O1. The number of ether oxygens (including phenoxy) is 4. The summed E-state index contributed by atoms with van der Waals surface area (Å²) < 4.78 is 22.6. The largest absolute Gasteiger partial charge is 0.497 e. The number of hydrogen-bond donors (Lipinski definition) is 0. The van der Waals surface area contributed by atoms with Gasteiger partial charge in [0.05, 0.1) is 38.3 Å². The van der Waals surface area contributed by atoms with E-state index >= 15 is 0 Å². The molecule has 1 aliphatic rings. The second kappa shape index (κ2) is 9.82. The molecule has 1 fully saturated rings. The monoisotopic (exact) mass is 448 g/mol. The molecular weight excluding hydrogens is 408 g/mol. The van der Waals surface area contributed by atoms with E-state index in [-0.39, 0.29) is 40.9 Å². The van der Waals surface area contributed by atoms with Crippen molar-refractivity contribution < 1.29 is 28.5 Å². The summed E-state index contributed by atoms with van der Waals surface area (Å²) in [4.78, 5) is 25.1. The maximum absolute atomic E-state index is 13.3. The molecule has 0 aliphatic carbocycles. The van der Waals surface area contributed by atoms with Gasteiger partial charge in [-0.3, -0.25) is 9.59 Å². The lowest BCUT2D eigenvalue weighted by Crippen LogP contribution is -2.33. The number of carbonyl (C=O) groups is 2. The van der Waals surface area contributed by atoms with Gasteiger partial charge in [0, 0.05) is 11.1 Å². The third-order valence-corrected chi connectivity index (χ3v) is 6.26. The van der Waals surface area contributed by atoms with Gasteiger partial charge in [-0.25, -0.2) is 0 Å². The molecule has 6 nitrogen and oxygen atoms in total. The lowest BCUT2D eigenvalue weighted by molar-refractivity contribution is -0.151. The van der Waals surface area contributed by atoms with Crippen molar-refractivity contribution in [1.29, 1.82) is 0 Å². The van der Waals surface area contributed by atoms with Crippen molar-refractivity contribution in [1.82, 2.24) is 0 Å². The molecule has 1 aromatic rings. The summed E-state index contributed by atoms with van der Waals surface area (Å²) in [7, 11) is 3.02. The number of hydrogen-bond acceptors (Lipinski definition) is 6. The molecule has 1 saturated heterocycles. The van der Waals surface area contributed by atoms with Crippen LogP contribution in [0.4, 0.5) is 0 Å². The molecular formula is C26H40O6. The average molecular weight is 449 g/mol. The maximum atomic E-state index is 13.3. The molecule has 0 aromatic heterocycles. The second-order valence-corrected chi connectivity index (χ2v) is 10.9. The fourth-order valence-electron chi connectivity index (χ4n) is 4.05. The molecule has 0 bridgehead atoms. The predicted octanol–water partition coefficient (Wildman–Crippen LogP) is 5.19. The van der Waals surface area contributed by atoms with E-state index in [1.54, 1.807) is 14.0 Å². The van der Waals surface area contributed by atoms with Crippen LogP contribution in [0.25, 0.3) is 0 Å². The van der Waals surface area contributed by atoms with Gasteiger partial charge in [-0.1, -0.05) is 41.5 Å². The summed E-state index contributed by atoms with van der Waals surface area (Å²) in [6, 6.07) is 3.89. The van der Waals surface area contributed by atoms with Gasteiger partial charge in [-0.05, 0) is 49.7 Å². The minimum Gasteiger partial charge on any atom is -0.497 e. The molecule has 1 heterocycles. The van der Waals surface area contributed by atoms with E-state index in [2.05, 4.69) is 41.5 Å². The first-order valence-corrected chi connectivity index (χ1v) is 11.4. The number of methoxy groups -OCH3 is 2. The van der Waals surface area contributed by atoms with E-state index in [1.807, 2.05) is 19.1 Å². The molecule has 1 aliphatic heterocycles. The molecule has 0 N–H and O–H groups in total. The molecule has 0 spiro atoms. The van der Waals surface area contributed by atoms with Crippen LogP contribution in [0.1, 0.15) is 79.4 Å². The van der Waals surface area contributed by atoms with Gasteiger partial charge in [0.2, 0.25) is 0 Å². The van der Waals surface area contributed by atoms with Gasteiger partial charge in [0.1, 0.15) is 11.5 Å². The minimum atomic E-state index is -0.465. The highest BCUT2D eigenvalue weighted by Gasteiger charge is 2.39. The van der Waals surface area contributed by atoms with Crippen LogP contribution in [-0.2, 0) is 29.9 Å². The summed E-state index contributed by atoms with van der Waals surface area (Å²) in [5, 5.41) is 0. The van der Waals surface area contributed by atoms with Crippen molar-refractivity contribution in [2.24, 2.45) is 11.8 Å². The van der Waals surface area contributed by atoms with E-state index in [0.29, 0.717) is 18.6 Å². The van der Waals surface area contributed by atoms with Crippen LogP contribution in [0.2, 0.25) is 0 Å². The zero-order valence-electron chi connectivity index (χ0n) is 21.3. The summed E-state index contributed by atoms with van der Waals surface area (Å²) in [5.74, 6) is -0.120. The molecule has 0 saturated carbocycles. The highest BCUT2D eigenvalue weighted by Crippen LogP contribution is 2.43. The fourth-order valence-corrected chi connectivity index (χ4v) is 4.05. The standard InChI is InChI=1S/C26H40O6/c1-15(23(27)30-10)20-11-12-21(31-20)16(2)24(28)32-22-18(25(3,4)5)13-17(29-9)14-19(22)26(6,7)8/h13-16,20-21H,11-12H2,1-10H3/t15-,16-,20+,21-/m1/s1. The number of benzene rings is 1. The molecule has 0 radical (unpaired) electrons. The Morgan fingerprint density at radius 1 is 0.875 bits per heavy atom. The van der Waals surface area contributed by atoms with Crippen LogP contribution in [0.3, 0.4) is 0 Å².